The molecule has 0 fully saturated rings. The van der Waals surface area contributed by atoms with Crippen LogP contribution in [0.25, 0.3) is 0 Å². The highest BCUT2D eigenvalue weighted by Crippen LogP contribution is 2.34. The van der Waals surface area contributed by atoms with Crippen LogP contribution in [0.2, 0.25) is 10.0 Å². The molecule has 1 nitrogen and oxygen atoms in total. The van der Waals surface area contributed by atoms with Crippen molar-refractivity contribution in [3.63, 3.8) is 0 Å². The average Bonchev–Trinajstić information content (AvgIpc) is 1.97. The number of nitrogens with two attached hydrogens (primary N) is 1. The average molecular weight is 204 g/mol. The quantitative estimate of drug-likeness (QED) is 0.693. The zero-order valence-corrected chi connectivity index (χ0v) is 8.58. The first kappa shape index (κ1) is 9.69. The summed E-state index contributed by atoms with van der Waals surface area (Å²) in [4.78, 5) is 0. The molecule has 0 atom stereocenters. The molecule has 0 aromatic heterocycles. The van der Waals surface area contributed by atoms with Crippen molar-refractivity contribution >= 4 is 28.9 Å². The molecule has 1 rings (SSSR count). The maximum atomic E-state index is 5.96. The first-order chi connectivity index (χ1) is 5.54. The van der Waals surface area contributed by atoms with Crippen LogP contribution in [-0.4, -0.2) is 0 Å². The molecular formula is C9H11Cl2N. The Morgan fingerprint density at radius 1 is 1.17 bits per heavy atom. The normalized spacial score (nSPS) is 10.8. The molecule has 0 aliphatic rings. The molecule has 0 radical (unpaired) electrons. The zero-order valence-electron chi connectivity index (χ0n) is 7.07. The van der Waals surface area contributed by atoms with Crippen LogP contribution in [0, 0.1) is 0 Å². The summed E-state index contributed by atoms with van der Waals surface area (Å²) in [6.07, 6.45) is 0. The molecule has 12 heavy (non-hydrogen) atoms. The Hall–Kier alpha value is -0.400. The second kappa shape index (κ2) is 3.55. The molecule has 1 aromatic carbocycles. The summed E-state index contributed by atoms with van der Waals surface area (Å²) in [7, 11) is 0. The largest absolute Gasteiger partial charge is 0.397 e. The Labute approximate surface area is 82.5 Å². The lowest BCUT2D eigenvalue weighted by Gasteiger charge is -2.12. The monoisotopic (exact) mass is 203 g/mol. The van der Waals surface area contributed by atoms with Gasteiger partial charge in [-0.15, -0.1) is 0 Å². The molecule has 0 amide bonds. The predicted molar refractivity (Wildman–Crippen MR) is 55.0 cm³/mol. The topological polar surface area (TPSA) is 26.0 Å². The molecule has 0 spiro atoms. The third kappa shape index (κ3) is 1.67. The van der Waals surface area contributed by atoms with Crippen LogP contribution in [0.4, 0.5) is 5.69 Å². The van der Waals surface area contributed by atoms with E-state index in [0.29, 0.717) is 21.7 Å². The van der Waals surface area contributed by atoms with Crippen LogP contribution in [0.3, 0.4) is 0 Å². The molecule has 2 N–H and O–H groups in total. The molecule has 0 bridgehead atoms. The highest BCUT2D eigenvalue weighted by molar-refractivity contribution is 6.35. The van der Waals surface area contributed by atoms with E-state index in [4.69, 9.17) is 28.9 Å². The second-order valence-corrected chi connectivity index (χ2v) is 3.83. The van der Waals surface area contributed by atoms with Crippen molar-refractivity contribution in [1.29, 1.82) is 0 Å². The number of nitrogen functional groups attached to an aromatic ring is 1. The van der Waals surface area contributed by atoms with Crippen molar-refractivity contribution in [1.82, 2.24) is 0 Å². The van der Waals surface area contributed by atoms with Crippen molar-refractivity contribution in [3.8, 4) is 0 Å². The fourth-order valence-corrected chi connectivity index (χ4v) is 1.72. The lowest BCUT2D eigenvalue weighted by molar-refractivity contribution is 0.870. The SMILES string of the molecule is CC(C)c1c(Cl)ccc(Cl)c1N. The van der Waals surface area contributed by atoms with Gasteiger partial charge < -0.3 is 5.73 Å². The Morgan fingerprint density at radius 2 is 1.67 bits per heavy atom. The fourth-order valence-electron chi connectivity index (χ4n) is 1.17. The van der Waals surface area contributed by atoms with Crippen LogP contribution in [0.1, 0.15) is 25.3 Å². The van der Waals surface area contributed by atoms with Gasteiger partial charge in [-0.25, -0.2) is 0 Å². The number of rotatable bonds is 1. The van der Waals surface area contributed by atoms with E-state index < -0.39 is 0 Å². The molecule has 0 aliphatic carbocycles. The van der Waals surface area contributed by atoms with Gasteiger partial charge in [-0.3, -0.25) is 0 Å². The minimum Gasteiger partial charge on any atom is -0.397 e. The molecular weight excluding hydrogens is 193 g/mol. The first-order valence-electron chi connectivity index (χ1n) is 3.77. The highest BCUT2D eigenvalue weighted by Gasteiger charge is 2.11. The van der Waals surface area contributed by atoms with Gasteiger partial charge in [-0.05, 0) is 23.6 Å². The lowest BCUT2D eigenvalue weighted by atomic mass is 10.0. The van der Waals surface area contributed by atoms with Crippen molar-refractivity contribution < 1.29 is 0 Å². The van der Waals surface area contributed by atoms with Crippen LogP contribution in [0.5, 0.6) is 0 Å². The zero-order chi connectivity index (χ0) is 9.30. The second-order valence-electron chi connectivity index (χ2n) is 3.01. The van der Waals surface area contributed by atoms with E-state index in [9.17, 15) is 0 Å². The summed E-state index contributed by atoms with van der Waals surface area (Å²) in [5.74, 6) is 0.302. The predicted octanol–water partition coefficient (Wildman–Crippen LogP) is 3.70. The van der Waals surface area contributed by atoms with Crippen molar-refractivity contribution in [2.24, 2.45) is 0 Å². The third-order valence-corrected chi connectivity index (χ3v) is 2.42. The smallest absolute Gasteiger partial charge is 0.0639 e. The van der Waals surface area contributed by atoms with Crippen LogP contribution in [-0.2, 0) is 0 Å². The molecule has 0 heterocycles. The van der Waals surface area contributed by atoms with E-state index >= 15 is 0 Å². The van der Waals surface area contributed by atoms with Crippen molar-refractivity contribution in [2.75, 3.05) is 5.73 Å². The maximum Gasteiger partial charge on any atom is 0.0639 e. The van der Waals surface area contributed by atoms with E-state index in [1.54, 1.807) is 12.1 Å². The molecule has 66 valence electrons. The van der Waals surface area contributed by atoms with Gasteiger partial charge in [0.25, 0.3) is 0 Å². The summed E-state index contributed by atoms with van der Waals surface area (Å²) >= 11 is 11.8. The van der Waals surface area contributed by atoms with Gasteiger partial charge in [0.15, 0.2) is 0 Å². The standard InChI is InChI=1S/C9H11Cl2N/c1-5(2)8-6(10)3-4-7(11)9(8)12/h3-5H,12H2,1-2H3. The number of halogens is 2. The number of anilines is 1. The molecule has 0 unspecified atom stereocenters. The minimum absolute atomic E-state index is 0.302. The summed E-state index contributed by atoms with van der Waals surface area (Å²) in [5.41, 5.74) is 7.30. The van der Waals surface area contributed by atoms with E-state index in [2.05, 4.69) is 0 Å². The van der Waals surface area contributed by atoms with E-state index in [0.717, 1.165) is 5.56 Å². The molecule has 3 heteroatoms. The van der Waals surface area contributed by atoms with Gasteiger partial charge in [0.1, 0.15) is 0 Å². The van der Waals surface area contributed by atoms with E-state index in [1.165, 1.54) is 0 Å². The number of hydrogen-bond donors (Lipinski definition) is 1. The van der Waals surface area contributed by atoms with Gasteiger partial charge >= 0.3 is 0 Å². The van der Waals surface area contributed by atoms with Gasteiger partial charge in [0.05, 0.1) is 10.7 Å². The fraction of sp³-hybridized carbons (Fsp3) is 0.333. The summed E-state index contributed by atoms with van der Waals surface area (Å²) < 4.78 is 0. The highest BCUT2D eigenvalue weighted by atomic mass is 35.5. The van der Waals surface area contributed by atoms with Gasteiger partial charge in [0.2, 0.25) is 0 Å². The summed E-state index contributed by atoms with van der Waals surface area (Å²) in [5, 5.41) is 1.26. The van der Waals surface area contributed by atoms with Crippen LogP contribution >= 0.6 is 23.2 Å². The molecule has 0 saturated carbocycles. The van der Waals surface area contributed by atoms with E-state index in [-0.39, 0.29) is 0 Å². The van der Waals surface area contributed by atoms with Crippen LogP contribution < -0.4 is 5.73 Å². The Balaban J connectivity index is 3.33. The number of hydrogen-bond acceptors (Lipinski definition) is 1. The molecule has 1 aromatic rings. The summed E-state index contributed by atoms with van der Waals surface area (Å²) in [6.45, 7) is 4.07. The Morgan fingerprint density at radius 3 is 2.08 bits per heavy atom. The van der Waals surface area contributed by atoms with Crippen LogP contribution in [0.15, 0.2) is 12.1 Å². The van der Waals surface area contributed by atoms with Gasteiger partial charge in [-0.1, -0.05) is 37.0 Å². The minimum atomic E-state index is 0.302. The third-order valence-electron chi connectivity index (χ3n) is 1.76. The number of benzene rings is 1. The van der Waals surface area contributed by atoms with E-state index in [1.807, 2.05) is 13.8 Å². The maximum absolute atomic E-state index is 5.96. The Kier molecular flexibility index (Phi) is 2.86. The van der Waals surface area contributed by atoms with Crippen molar-refractivity contribution in [3.05, 3.63) is 27.7 Å². The van der Waals surface area contributed by atoms with Gasteiger partial charge in [-0.2, -0.15) is 0 Å². The molecule has 0 aliphatic heterocycles. The van der Waals surface area contributed by atoms with Crippen molar-refractivity contribution in [2.45, 2.75) is 19.8 Å². The lowest BCUT2D eigenvalue weighted by Crippen LogP contribution is -1.98. The first-order valence-corrected chi connectivity index (χ1v) is 4.53. The Bertz CT molecular complexity index is 295. The van der Waals surface area contributed by atoms with Gasteiger partial charge in [0, 0.05) is 5.02 Å². The summed E-state index contributed by atoms with van der Waals surface area (Å²) in [6, 6.07) is 3.49. The molecule has 0 saturated heterocycles.